The van der Waals surface area contributed by atoms with Crippen LogP contribution in [0.25, 0.3) is 11.0 Å². The van der Waals surface area contributed by atoms with Crippen molar-refractivity contribution in [3.8, 4) is 5.75 Å². The molecule has 0 saturated carbocycles. The molecule has 4 rings (SSSR count). The molecule has 1 aliphatic carbocycles. The van der Waals surface area contributed by atoms with Gasteiger partial charge >= 0.3 is 0 Å². The van der Waals surface area contributed by atoms with Gasteiger partial charge < -0.3 is 25.3 Å². The number of carbonyl (C=O) groups excluding carboxylic acids is 2. The number of rotatable bonds is 6. The molecule has 8 nitrogen and oxygen atoms in total. The molecule has 162 valence electrons. The molecule has 2 atom stereocenters. The van der Waals surface area contributed by atoms with E-state index in [1.807, 2.05) is 0 Å². The van der Waals surface area contributed by atoms with E-state index in [1.165, 1.54) is 12.3 Å². The number of furan rings is 1. The van der Waals surface area contributed by atoms with E-state index >= 15 is 0 Å². The lowest BCUT2D eigenvalue weighted by molar-refractivity contribution is -0.120. The summed E-state index contributed by atoms with van der Waals surface area (Å²) in [5.41, 5.74) is 5.65. The molecule has 2 aromatic heterocycles. The van der Waals surface area contributed by atoms with Crippen molar-refractivity contribution in [2.75, 3.05) is 6.61 Å². The molecule has 1 aliphatic rings. The SMILES string of the molecule is Cc1oc2ccc(OC3CC(F)(F)c4ncccc43)cc2c1C(=O)N[C@@H](CO)C(N)=O. The van der Waals surface area contributed by atoms with E-state index in [0.717, 1.165) is 0 Å². The minimum atomic E-state index is -3.10. The number of nitrogens with one attached hydrogen (secondary N) is 1. The first-order chi connectivity index (χ1) is 14.7. The normalized spacial score (nSPS) is 17.9. The fraction of sp³-hybridized carbons (Fsp3) is 0.286. The van der Waals surface area contributed by atoms with Gasteiger partial charge in [-0.3, -0.25) is 14.6 Å². The maximum absolute atomic E-state index is 14.3. The molecule has 2 amide bonds. The van der Waals surface area contributed by atoms with Crippen LogP contribution in [0.4, 0.5) is 8.78 Å². The zero-order valence-electron chi connectivity index (χ0n) is 16.4. The van der Waals surface area contributed by atoms with Crippen molar-refractivity contribution in [1.82, 2.24) is 10.3 Å². The third-order valence-electron chi connectivity index (χ3n) is 5.15. The number of ether oxygens (including phenoxy) is 1. The lowest BCUT2D eigenvalue weighted by Crippen LogP contribution is -2.46. The number of alkyl halides is 2. The van der Waals surface area contributed by atoms with Gasteiger partial charge in [0, 0.05) is 17.1 Å². The van der Waals surface area contributed by atoms with Crippen LogP contribution >= 0.6 is 0 Å². The van der Waals surface area contributed by atoms with Crippen LogP contribution in [0.3, 0.4) is 0 Å². The highest BCUT2D eigenvalue weighted by Crippen LogP contribution is 2.47. The third kappa shape index (κ3) is 3.70. The van der Waals surface area contributed by atoms with Gasteiger partial charge in [-0.25, -0.2) is 0 Å². The summed E-state index contributed by atoms with van der Waals surface area (Å²) in [6, 6.07) is 6.47. The smallest absolute Gasteiger partial charge is 0.293 e. The molecule has 0 aliphatic heterocycles. The number of aliphatic hydroxyl groups is 1. The first-order valence-corrected chi connectivity index (χ1v) is 9.45. The number of carbonyl (C=O) groups is 2. The Hall–Kier alpha value is -3.53. The standard InChI is InChI=1S/C21H19F2N3O5/c1-10-17(20(29)26-14(9-27)19(24)28)13-7-11(4-5-15(13)30-10)31-16-8-21(22,23)18-12(16)3-2-6-25-18/h2-7,14,16,27H,8-9H2,1H3,(H2,24,28)(H,26,29)/t14-,16?/m0/s1. The number of benzene rings is 1. The fourth-order valence-corrected chi connectivity index (χ4v) is 3.68. The molecule has 0 saturated heterocycles. The van der Waals surface area contributed by atoms with Gasteiger partial charge in [0.1, 0.15) is 34.9 Å². The summed E-state index contributed by atoms with van der Waals surface area (Å²) in [6.07, 6.45) is -0.145. The van der Waals surface area contributed by atoms with Crippen LogP contribution in [-0.2, 0) is 10.7 Å². The molecular weight excluding hydrogens is 412 g/mol. The molecule has 2 heterocycles. The maximum Gasteiger partial charge on any atom is 0.293 e. The van der Waals surface area contributed by atoms with E-state index in [4.69, 9.17) is 14.9 Å². The van der Waals surface area contributed by atoms with Crippen LogP contribution < -0.4 is 15.8 Å². The first-order valence-electron chi connectivity index (χ1n) is 9.45. The number of fused-ring (bicyclic) bond motifs is 2. The molecule has 31 heavy (non-hydrogen) atoms. The van der Waals surface area contributed by atoms with Gasteiger partial charge in [-0.15, -0.1) is 0 Å². The van der Waals surface area contributed by atoms with Crippen molar-refractivity contribution in [3.05, 3.63) is 59.1 Å². The van der Waals surface area contributed by atoms with Crippen LogP contribution in [0.1, 0.15) is 39.9 Å². The summed E-state index contributed by atoms with van der Waals surface area (Å²) in [4.78, 5) is 27.8. The van der Waals surface area contributed by atoms with Gasteiger partial charge in [0.2, 0.25) is 5.91 Å². The van der Waals surface area contributed by atoms with Crippen molar-refractivity contribution in [2.24, 2.45) is 5.73 Å². The van der Waals surface area contributed by atoms with Crippen LogP contribution in [0.2, 0.25) is 0 Å². The van der Waals surface area contributed by atoms with Crippen molar-refractivity contribution >= 4 is 22.8 Å². The van der Waals surface area contributed by atoms with E-state index in [0.29, 0.717) is 16.5 Å². The zero-order valence-corrected chi connectivity index (χ0v) is 16.4. The highest BCUT2D eigenvalue weighted by molar-refractivity contribution is 6.08. The summed E-state index contributed by atoms with van der Waals surface area (Å²) in [7, 11) is 0. The van der Waals surface area contributed by atoms with Gasteiger partial charge in [-0.1, -0.05) is 6.07 Å². The van der Waals surface area contributed by atoms with Crippen molar-refractivity contribution < 1.29 is 32.6 Å². The molecule has 0 spiro atoms. The number of halogens is 2. The summed E-state index contributed by atoms with van der Waals surface area (Å²) >= 11 is 0. The van der Waals surface area contributed by atoms with Gasteiger partial charge in [-0.05, 0) is 31.2 Å². The Morgan fingerprint density at radius 3 is 2.90 bits per heavy atom. The Morgan fingerprint density at radius 2 is 2.19 bits per heavy atom. The Kier molecular flexibility index (Phi) is 5.10. The summed E-state index contributed by atoms with van der Waals surface area (Å²) in [5, 5.41) is 11.9. The second kappa shape index (κ2) is 7.62. The molecule has 0 fully saturated rings. The van der Waals surface area contributed by atoms with E-state index < -0.39 is 42.9 Å². The van der Waals surface area contributed by atoms with Gasteiger partial charge in [-0.2, -0.15) is 8.78 Å². The van der Waals surface area contributed by atoms with Crippen LogP contribution in [0.5, 0.6) is 5.75 Å². The first kappa shape index (κ1) is 20.7. The third-order valence-corrected chi connectivity index (χ3v) is 5.15. The summed E-state index contributed by atoms with van der Waals surface area (Å²) in [6.45, 7) is 0.903. The average Bonchev–Trinajstić information content (AvgIpc) is 3.18. The topological polar surface area (TPSA) is 128 Å². The molecule has 4 N–H and O–H groups in total. The molecule has 1 unspecified atom stereocenters. The molecule has 10 heteroatoms. The highest BCUT2D eigenvalue weighted by Gasteiger charge is 2.47. The lowest BCUT2D eigenvalue weighted by Gasteiger charge is -2.15. The fourth-order valence-electron chi connectivity index (χ4n) is 3.68. The van der Waals surface area contributed by atoms with Gasteiger partial charge in [0.15, 0.2) is 0 Å². The van der Waals surface area contributed by atoms with E-state index in [1.54, 1.807) is 31.2 Å². The second-order valence-electron chi connectivity index (χ2n) is 7.26. The quantitative estimate of drug-likeness (QED) is 0.550. The van der Waals surface area contributed by atoms with Crippen LogP contribution in [0.15, 0.2) is 40.9 Å². The molecule has 0 bridgehead atoms. The van der Waals surface area contributed by atoms with Crippen molar-refractivity contribution in [3.63, 3.8) is 0 Å². The average molecular weight is 431 g/mol. The zero-order chi connectivity index (χ0) is 22.3. The monoisotopic (exact) mass is 431 g/mol. The number of hydrogen-bond donors (Lipinski definition) is 3. The number of primary amides is 1. The Morgan fingerprint density at radius 1 is 1.42 bits per heavy atom. The van der Waals surface area contributed by atoms with Crippen molar-refractivity contribution in [2.45, 2.75) is 31.4 Å². The van der Waals surface area contributed by atoms with E-state index in [-0.39, 0.29) is 22.8 Å². The van der Waals surface area contributed by atoms with Crippen LogP contribution in [0, 0.1) is 6.92 Å². The van der Waals surface area contributed by atoms with Crippen LogP contribution in [-0.4, -0.2) is 34.6 Å². The predicted octanol–water partition coefficient (Wildman–Crippen LogP) is 2.33. The predicted molar refractivity (Wildman–Crippen MR) is 105 cm³/mol. The minimum absolute atomic E-state index is 0.124. The number of pyridine rings is 1. The van der Waals surface area contributed by atoms with E-state index in [2.05, 4.69) is 10.3 Å². The Bertz CT molecular complexity index is 1180. The van der Waals surface area contributed by atoms with E-state index in [9.17, 15) is 23.5 Å². The maximum atomic E-state index is 14.3. The molecule has 0 radical (unpaired) electrons. The Labute approximate surface area is 175 Å². The summed E-state index contributed by atoms with van der Waals surface area (Å²) < 4.78 is 39.9. The van der Waals surface area contributed by atoms with Crippen molar-refractivity contribution in [1.29, 1.82) is 0 Å². The highest BCUT2D eigenvalue weighted by atomic mass is 19.3. The van der Waals surface area contributed by atoms with Gasteiger partial charge in [0.25, 0.3) is 11.8 Å². The summed E-state index contributed by atoms with van der Waals surface area (Å²) in [5.74, 6) is -4.13. The lowest BCUT2D eigenvalue weighted by atomic mass is 10.1. The molecular formula is C21H19F2N3O5. The van der Waals surface area contributed by atoms with Gasteiger partial charge in [0.05, 0.1) is 18.6 Å². The number of nitrogens with zero attached hydrogens (tertiary/aromatic N) is 1. The number of aryl methyl sites for hydroxylation is 1. The number of aliphatic hydroxyl groups excluding tert-OH is 1. The Balaban J connectivity index is 1.65. The molecule has 3 aromatic rings. The largest absolute Gasteiger partial charge is 0.485 e. The second-order valence-corrected chi connectivity index (χ2v) is 7.26. The molecule has 1 aromatic carbocycles. The number of aromatic nitrogens is 1. The number of amides is 2. The minimum Gasteiger partial charge on any atom is -0.485 e. The number of hydrogen-bond acceptors (Lipinski definition) is 6. The number of nitrogens with two attached hydrogens (primary N) is 1.